The Morgan fingerprint density at radius 2 is 2.35 bits per heavy atom. The molecule has 0 aliphatic carbocycles. The van der Waals surface area contributed by atoms with Gasteiger partial charge in [0.05, 0.1) is 17.8 Å². The number of nitrogens with zero attached hydrogens (tertiary/aromatic N) is 4. The fourth-order valence-electron chi connectivity index (χ4n) is 2.39. The SMILES string of the molecule is CC(NC(=O)c1ccncc1F)c1nnc2n1CCC2. The molecule has 3 heterocycles. The van der Waals surface area contributed by atoms with Crippen LogP contribution in [0.5, 0.6) is 0 Å². The zero-order valence-corrected chi connectivity index (χ0v) is 11.0. The van der Waals surface area contributed by atoms with Gasteiger partial charge in [-0.05, 0) is 19.4 Å². The number of fused-ring (bicyclic) bond motifs is 1. The van der Waals surface area contributed by atoms with E-state index in [1.54, 1.807) is 0 Å². The molecule has 1 unspecified atom stereocenters. The van der Waals surface area contributed by atoms with Crippen LogP contribution in [0.2, 0.25) is 0 Å². The molecule has 0 spiro atoms. The lowest BCUT2D eigenvalue weighted by atomic mass is 10.2. The summed E-state index contributed by atoms with van der Waals surface area (Å²) in [7, 11) is 0. The van der Waals surface area contributed by atoms with Crippen molar-refractivity contribution in [2.75, 3.05) is 0 Å². The number of rotatable bonds is 3. The Bertz CT molecular complexity index is 654. The van der Waals surface area contributed by atoms with Crippen molar-refractivity contribution in [1.29, 1.82) is 0 Å². The lowest BCUT2D eigenvalue weighted by Gasteiger charge is -2.14. The summed E-state index contributed by atoms with van der Waals surface area (Å²) in [6.45, 7) is 2.67. The Morgan fingerprint density at radius 3 is 3.15 bits per heavy atom. The second-order valence-corrected chi connectivity index (χ2v) is 4.78. The van der Waals surface area contributed by atoms with Crippen LogP contribution in [0.25, 0.3) is 0 Å². The van der Waals surface area contributed by atoms with Crippen LogP contribution < -0.4 is 5.32 Å². The Hall–Kier alpha value is -2.31. The first kappa shape index (κ1) is 12.7. The lowest BCUT2D eigenvalue weighted by molar-refractivity contribution is 0.0933. The Kier molecular flexibility index (Phi) is 3.17. The van der Waals surface area contributed by atoms with Crippen LogP contribution in [0.1, 0.15) is 41.4 Å². The maximum atomic E-state index is 13.5. The molecule has 1 atom stereocenters. The fourth-order valence-corrected chi connectivity index (χ4v) is 2.39. The fraction of sp³-hybridized carbons (Fsp3) is 0.385. The lowest BCUT2D eigenvalue weighted by Crippen LogP contribution is -2.29. The average molecular weight is 275 g/mol. The summed E-state index contributed by atoms with van der Waals surface area (Å²) >= 11 is 0. The molecule has 7 heteroatoms. The van der Waals surface area contributed by atoms with E-state index in [1.807, 2.05) is 11.5 Å². The van der Waals surface area contributed by atoms with Crippen LogP contribution >= 0.6 is 0 Å². The van der Waals surface area contributed by atoms with Crippen LogP contribution in [0.4, 0.5) is 4.39 Å². The van der Waals surface area contributed by atoms with Crippen LogP contribution in [0.3, 0.4) is 0 Å². The first-order valence-electron chi connectivity index (χ1n) is 6.49. The first-order chi connectivity index (χ1) is 9.66. The van der Waals surface area contributed by atoms with Crippen molar-refractivity contribution in [3.8, 4) is 0 Å². The molecule has 1 N–H and O–H groups in total. The van der Waals surface area contributed by atoms with Crippen LogP contribution in [0, 0.1) is 5.82 Å². The monoisotopic (exact) mass is 275 g/mol. The molecule has 0 saturated carbocycles. The van der Waals surface area contributed by atoms with Gasteiger partial charge in [-0.2, -0.15) is 0 Å². The van der Waals surface area contributed by atoms with Gasteiger partial charge in [0.25, 0.3) is 5.91 Å². The quantitative estimate of drug-likeness (QED) is 0.915. The molecule has 2 aromatic heterocycles. The minimum Gasteiger partial charge on any atom is -0.342 e. The average Bonchev–Trinajstić information content (AvgIpc) is 3.00. The molecule has 6 nitrogen and oxygen atoms in total. The van der Waals surface area contributed by atoms with E-state index in [1.165, 1.54) is 12.3 Å². The van der Waals surface area contributed by atoms with Crippen molar-refractivity contribution in [2.24, 2.45) is 0 Å². The number of pyridine rings is 1. The maximum Gasteiger partial charge on any atom is 0.254 e. The zero-order valence-electron chi connectivity index (χ0n) is 11.0. The second kappa shape index (κ2) is 4.99. The number of hydrogen-bond donors (Lipinski definition) is 1. The Balaban J connectivity index is 1.77. The van der Waals surface area contributed by atoms with E-state index < -0.39 is 11.7 Å². The van der Waals surface area contributed by atoms with E-state index in [0.717, 1.165) is 31.4 Å². The summed E-state index contributed by atoms with van der Waals surface area (Å²) in [4.78, 5) is 15.7. The van der Waals surface area contributed by atoms with Gasteiger partial charge >= 0.3 is 0 Å². The normalized spacial score (nSPS) is 14.9. The number of amides is 1. The molecule has 1 aliphatic rings. The van der Waals surface area contributed by atoms with Crippen molar-refractivity contribution in [2.45, 2.75) is 32.4 Å². The van der Waals surface area contributed by atoms with E-state index in [2.05, 4.69) is 20.5 Å². The van der Waals surface area contributed by atoms with E-state index in [0.29, 0.717) is 5.82 Å². The standard InChI is InChI=1S/C13H14FN5O/c1-8(12-18-17-11-3-2-6-19(11)12)16-13(20)9-4-5-15-7-10(9)14/h4-5,7-8H,2-3,6H2,1H3,(H,16,20). The van der Waals surface area contributed by atoms with Crippen LogP contribution in [-0.4, -0.2) is 25.7 Å². The zero-order chi connectivity index (χ0) is 14.1. The van der Waals surface area contributed by atoms with Gasteiger partial charge in [0.1, 0.15) is 5.82 Å². The third-order valence-electron chi connectivity index (χ3n) is 3.39. The van der Waals surface area contributed by atoms with Crippen molar-refractivity contribution in [3.63, 3.8) is 0 Å². The predicted molar refractivity (Wildman–Crippen MR) is 68.4 cm³/mol. The minimum absolute atomic E-state index is 0.0204. The third-order valence-corrected chi connectivity index (χ3v) is 3.39. The minimum atomic E-state index is -0.635. The highest BCUT2D eigenvalue weighted by molar-refractivity contribution is 5.94. The number of carbonyl (C=O) groups excluding carboxylic acids is 1. The van der Waals surface area contributed by atoms with E-state index in [9.17, 15) is 9.18 Å². The molecule has 0 radical (unpaired) electrons. The third kappa shape index (κ3) is 2.15. The molecule has 0 bridgehead atoms. The molecular weight excluding hydrogens is 261 g/mol. The van der Waals surface area contributed by atoms with Gasteiger partial charge in [-0.3, -0.25) is 9.78 Å². The molecule has 20 heavy (non-hydrogen) atoms. The summed E-state index contributed by atoms with van der Waals surface area (Å²) in [5.41, 5.74) is -0.0204. The van der Waals surface area contributed by atoms with Crippen LogP contribution in [0.15, 0.2) is 18.5 Å². The van der Waals surface area contributed by atoms with E-state index >= 15 is 0 Å². The molecular formula is C13H14FN5O. The number of aryl methyl sites for hydroxylation is 1. The summed E-state index contributed by atoms with van der Waals surface area (Å²) in [5, 5.41) is 10.9. The van der Waals surface area contributed by atoms with Gasteiger partial charge in [-0.25, -0.2) is 4.39 Å². The van der Waals surface area contributed by atoms with Crippen molar-refractivity contribution >= 4 is 5.91 Å². The predicted octanol–water partition coefficient (Wildman–Crippen LogP) is 1.25. The molecule has 1 amide bonds. The van der Waals surface area contributed by atoms with Gasteiger partial charge in [0.2, 0.25) is 0 Å². The van der Waals surface area contributed by atoms with Gasteiger partial charge in [0, 0.05) is 19.2 Å². The van der Waals surface area contributed by atoms with Crippen LogP contribution in [-0.2, 0) is 13.0 Å². The summed E-state index contributed by atoms with van der Waals surface area (Å²) in [5.74, 6) is 0.535. The highest BCUT2D eigenvalue weighted by atomic mass is 19.1. The first-order valence-corrected chi connectivity index (χ1v) is 6.49. The second-order valence-electron chi connectivity index (χ2n) is 4.78. The highest BCUT2D eigenvalue weighted by Crippen LogP contribution is 2.19. The van der Waals surface area contributed by atoms with Gasteiger partial charge in [-0.1, -0.05) is 0 Å². The summed E-state index contributed by atoms with van der Waals surface area (Å²) in [6.07, 6.45) is 4.36. The van der Waals surface area contributed by atoms with E-state index in [4.69, 9.17) is 0 Å². The Morgan fingerprint density at radius 1 is 1.50 bits per heavy atom. The number of nitrogens with one attached hydrogen (secondary N) is 1. The highest BCUT2D eigenvalue weighted by Gasteiger charge is 2.23. The van der Waals surface area contributed by atoms with Crippen molar-refractivity contribution in [3.05, 3.63) is 41.5 Å². The maximum absolute atomic E-state index is 13.5. The number of aromatic nitrogens is 4. The van der Waals surface area contributed by atoms with Gasteiger partial charge < -0.3 is 9.88 Å². The van der Waals surface area contributed by atoms with Gasteiger partial charge in [0.15, 0.2) is 11.6 Å². The van der Waals surface area contributed by atoms with Gasteiger partial charge in [-0.15, -0.1) is 10.2 Å². The largest absolute Gasteiger partial charge is 0.342 e. The molecule has 3 rings (SSSR count). The molecule has 104 valence electrons. The van der Waals surface area contributed by atoms with E-state index in [-0.39, 0.29) is 11.6 Å². The number of halogens is 1. The molecule has 1 aliphatic heterocycles. The molecule has 0 saturated heterocycles. The topological polar surface area (TPSA) is 72.7 Å². The molecule has 0 aromatic carbocycles. The summed E-state index contributed by atoms with van der Waals surface area (Å²) in [6, 6.07) is 1.03. The van der Waals surface area contributed by atoms with Crippen molar-refractivity contribution < 1.29 is 9.18 Å². The van der Waals surface area contributed by atoms with Crippen molar-refractivity contribution in [1.82, 2.24) is 25.1 Å². The number of hydrogen-bond acceptors (Lipinski definition) is 4. The summed E-state index contributed by atoms with van der Waals surface area (Å²) < 4.78 is 15.5. The Labute approximate surface area is 115 Å². The molecule has 0 fully saturated rings. The molecule has 2 aromatic rings. The smallest absolute Gasteiger partial charge is 0.254 e. The number of carbonyl (C=O) groups is 1.